The molecule has 0 aromatic carbocycles. The first kappa shape index (κ1) is 13.8. The highest BCUT2D eigenvalue weighted by molar-refractivity contribution is 5.94. The number of rotatable bonds is 1. The number of aromatic nitrogens is 1. The number of carbonyl (C=O) groups is 1. The molecule has 5 nitrogen and oxygen atoms in total. The Morgan fingerprint density at radius 1 is 1.42 bits per heavy atom. The monoisotopic (exact) mass is 264 g/mol. The number of ether oxygens (including phenoxy) is 1. The number of pyridine rings is 1. The Hall–Kier alpha value is -1.62. The standard InChI is InChI=1S/C14H20N2O3/c1-10-7-12(17)11(8-15(10)4)13(18)16-5-6-19-14(2,3)9-16/h7-8H,5-6,9H2,1-4H3. The second kappa shape index (κ2) is 4.81. The van der Waals surface area contributed by atoms with E-state index in [1.165, 1.54) is 6.07 Å². The summed E-state index contributed by atoms with van der Waals surface area (Å²) in [5, 5.41) is 0. The highest BCUT2D eigenvalue weighted by Gasteiger charge is 2.31. The molecule has 0 unspecified atom stereocenters. The summed E-state index contributed by atoms with van der Waals surface area (Å²) in [6, 6.07) is 1.50. The lowest BCUT2D eigenvalue weighted by atomic mass is 10.1. The normalized spacial score (nSPS) is 18.4. The summed E-state index contributed by atoms with van der Waals surface area (Å²) in [7, 11) is 1.83. The van der Waals surface area contributed by atoms with Crippen LogP contribution in [0, 0.1) is 6.92 Å². The summed E-state index contributed by atoms with van der Waals surface area (Å²) >= 11 is 0. The molecule has 1 aliphatic rings. The molecular weight excluding hydrogens is 244 g/mol. The van der Waals surface area contributed by atoms with Gasteiger partial charge in [0, 0.05) is 38.1 Å². The van der Waals surface area contributed by atoms with Gasteiger partial charge in [-0.15, -0.1) is 0 Å². The third-order valence-electron chi connectivity index (χ3n) is 3.43. The molecule has 0 N–H and O–H groups in total. The minimum atomic E-state index is -0.357. The molecule has 19 heavy (non-hydrogen) atoms. The molecular formula is C14H20N2O3. The maximum absolute atomic E-state index is 12.4. The average Bonchev–Trinajstić information content (AvgIpc) is 2.31. The van der Waals surface area contributed by atoms with E-state index in [9.17, 15) is 9.59 Å². The van der Waals surface area contributed by atoms with Gasteiger partial charge in [0.25, 0.3) is 5.91 Å². The van der Waals surface area contributed by atoms with Gasteiger partial charge in [0.05, 0.1) is 12.2 Å². The first-order valence-electron chi connectivity index (χ1n) is 6.41. The second-order valence-electron chi connectivity index (χ2n) is 5.64. The van der Waals surface area contributed by atoms with Crippen molar-refractivity contribution in [3.8, 4) is 0 Å². The number of aryl methyl sites for hydroxylation is 2. The minimum absolute atomic E-state index is 0.211. The molecule has 0 spiro atoms. The summed E-state index contributed by atoms with van der Waals surface area (Å²) in [5.41, 5.74) is 0.490. The lowest BCUT2D eigenvalue weighted by molar-refractivity contribution is -0.0764. The molecule has 5 heteroatoms. The van der Waals surface area contributed by atoms with Crippen molar-refractivity contribution in [1.29, 1.82) is 0 Å². The zero-order chi connectivity index (χ0) is 14.2. The highest BCUT2D eigenvalue weighted by Crippen LogP contribution is 2.17. The Morgan fingerprint density at radius 3 is 2.74 bits per heavy atom. The van der Waals surface area contributed by atoms with Crippen LogP contribution in [0.2, 0.25) is 0 Å². The van der Waals surface area contributed by atoms with Crippen LogP contribution in [-0.4, -0.2) is 40.7 Å². The van der Waals surface area contributed by atoms with Gasteiger partial charge >= 0.3 is 0 Å². The van der Waals surface area contributed by atoms with Gasteiger partial charge in [-0.2, -0.15) is 0 Å². The Balaban J connectivity index is 2.30. The number of morpholine rings is 1. The molecule has 1 saturated heterocycles. The van der Waals surface area contributed by atoms with E-state index in [4.69, 9.17) is 4.74 Å². The molecule has 1 amide bonds. The van der Waals surface area contributed by atoms with Crippen molar-refractivity contribution < 1.29 is 9.53 Å². The maximum Gasteiger partial charge on any atom is 0.259 e. The van der Waals surface area contributed by atoms with Crippen LogP contribution in [0.25, 0.3) is 0 Å². The first-order valence-corrected chi connectivity index (χ1v) is 6.41. The van der Waals surface area contributed by atoms with Crippen molar-refractivity contribution in [3.05, 3.63) is 33.7 Å². The van der Waals surface area contributed by atoms with E-state index in [1.807, 2.05) is 27.8 Å². The van der Waals surface area contributed by atoms with Crippen molar-refractivity contribution in [2.75, 3.05) is 19.7 Å². The molecule has 0 bridgehead atoms. The zero-order valence-electron chi connectivity index (χ0n) is 11.9. The third-order valence-corrected chi connectivity index (χ3v) is 3.43. The fourth-order valence-corrected chi connectivity index (χ4v) is 2.25. The number of carbonyl (C=O) groups excluding carboxylic acids is 1. The summed E-state index contributed by atoms with van der Waals surface area (Å²) in [6.07, 6.45) is 1.61. The van der Waals surface area contributed by atoms with Gasteiger partial charge in [0.1, 0.15) is 5.56 Å². The van der Waals surface area contributed by atoms with Crippen LogP contribution in [0.15, 0.2) is 17.1 Å². The summed E-state index contributed by atoms with van der Waals surface area (Å²) < 4.78 is 7.37. The van der Waals surface area contributed by atoms with E-state index < -0.39 is 0 Å². The molecule has 1 aromatic rings. The van der Waals surface area contributed by atoms with Crippen molar-refractivity contribution in [1.82, 2.24) is 9.47 Å². The molecule has 0 radical (unpaired) electrons. The second-order valence-corrected chi connectivity index (χ2v) is 5.64. The summed E-state index contributed by atoms with van der Waals surface area (Å²) in [5.74, 6) is -0.211. The smallest absolute Gasteiger partial charge is 0.259 e. The predicted octanol–water partition coefficient (Wildman–Crippen LogP) is 0.945. The van der Waals surface area contributed by atoms with Gasteiger partial charge in [-0.05, 0) is 20.8 Å². The number of hydrogen-bond donors (Lipinski definition) is 0. The van der Waals surface area contributed by atoms with Gasteiger partial charge in [0.15, 0.2) is 5.43 Å². The number of nitrogens with zero attached hydrogens (tertiary/aromatic N) is 2. The van der Waals surface area contributed by atoms with E-state index in [1.54, 1.807) is 15.7 Å². The Bertz CT molecular complexity index is 560. The Labute approximate surface area is 112 Å². The summed E-state index contributed by atoms with van der Waals surface area (Å²) in [4.78, 5) is 26.1. The fourth-order valence-electron chi connectivity index (χ4n) is 2.25. The number of amides is 1. The van der Waals surface area contributed by atoms with Gasteiger partial charge in [-0.1, -0.05) is 0 Å². The van der Waals surface area contributed by atoms with Crippen molar-refractivity contribution >= 4 is 5.91 Å². The van der Waals surface area contributed by atoms with E-state index in [-0.39, 0.29) is 22.5 Å². The molecule has 1 fully saturated rings. The molecule has 1 aromatic heterocycles. The SMILES string of the molecule is Cc1cc(=O)c(C(=O)N2CCOC(C)(C)C2)cn1C. The molecule has 0 atom stereocenters. The van der Waals surface area contributed by atoms with Crippen LogP contribution < -0.4 is 5.43 Å². The molecule has 0 aliphatic carbocycles. The first-order chi connectivity index (χ1) is 8.80. The highest BCUT2D eigenvalue weighted by atomic mass is 16.5. The van der Waals surface area contributed by atoms with E-state index in [2.05, 4.69) is 0 Å². The lowest BCUT2D eigenvalue weighted by Crippen LogP contribution is -2.51. The largest absolute Gasteiger partial charge is 0.372 e. The van der Waals surface area contributed by atoms with Gasteiger partial charge in [-0.3, -0.25) is 9.59 Å². The van der Waals surface area contributed by atoms with Crippen LogP contribution in [0.3, 0.4) is 0 Å². The van der Waals surface area contributed by atoms with Crippen LogP contribution >= 0.6 is 0 Å². The topological polar surface area (TPSA) is 51.5 Å². The summed E-state index contributed by atoms with van der Waals surface area (Å²) in [6.45, 7) is 7.26. The van der Waals surface area contributed by atoms with Crippen LogP contribution in [0.4, 0.5) is 0 Å². The van der Waals surface area contributed by atoms with Crippen molar-refractivity contribution in [2.45, 2.75) is 26.4 Å². The third kappa shape index (κ3) is 2.87. The van der Waals surface area contributed by atoms with Gasteiger partial charge in [0.2, 0.25) is 0 Å². The quantitative estimate of drug-likeness (QED) is 0.758. The molecule has 2 rings (SSSR count). The van der Waals surface area contributed by atoms with Crippen molar-refractivity contribution in [2.24, 2.45) is 7.05 Å². The average molecular weight is 264 g/mol. The Kier molecular flexibility index (Phi) is 3.49. The minimum Gasteiger partial charge on any atom is -0.372 e. The fraction of sp³-hybridized carbons (Fsp3) is 0.571. The van der Waals surface area contributed by atoms with E-state index in [0.29, 0.717) is 19.7 Å². The lowest BCUT2D eigenvalue weighted by Gasteiger charge is -2.38. The molecule has 104 valence electrons. The van der Waals surface area contributed by atoms with Gasteiger partial charge < -0.3 is 14.2 Å². The zero-order valence-corrected chi connectivity index (χ0v) is 11.9. The predicted molar refractivity (Wildman–Crippen MR) is 72.4 cm³/mol. The molecule has 1 aliphatic heterocycles. The van der Waals surface area contributed by atoms with Crippen LogP contribution in [-0.2, 0) is 11.8 Å². The Morgan fingerprint density at radius 2 is 2.11 bits per heavy atom. The van der Waals surface area contributed by atoms with Crippen LogP contribution in [0.5, 0.6) is 0 Å². The molecule has 2 heterocycles. The maximum atomic E-state index is 12.4. The van der Waals surface area contributed by atoms with E-state index in [0.717, 1.165) is 5.69 Å². The van der Waals surface area contributed by atoms with E-state index >= 15 is 0 Å². The van der Waals surface area contributed by atoms with Crippen LogP contribution in [0.1, 0.15) is 29.9 Å². The van der Waals surface area contributed by atoms with Crippen molar-refractivity contribution in [3.63, 3.8) is 0 Å². The number of hydrogen-bond acceptors (Lipinski definition) is 3. The molecule has 0 saturated carbocycles. The van der Waals surface area contributed by atoms with Gasteiger partial charge in [-0.25, -0.2) is 0 Å².